The molecule has 1 N–H and O–H groups in total. The van der Waals surface area contributed by atoms with E-state index in [2.05, 4.69) is 5.32 Å². The Morgan fingerprint density at radius 3 is 3.00 bits per heavy atom. The molecule has 0 bridgehead atoms. The number of benzene rings is 1. The second-order valence-corrected chi connectivity index (χ2v) is 5.44. The van der Waals surface area contributed by atoms with Crippen LogP contribution in [0.4, 0.5) is 11.4 Å². The Morgan fingerprint density at radius 2 is 2.21 bits per heavy atom. The van der Waals surface area contributed by atoms with E-state index >= 15 is 0 Å². The molecular formula is C15H20N2O2. The predicted octanol–water partition coefficient (Wildman–Crippen LogP) is 2.40. The lowest BCUT2D eigenvalue weighted by molar-refractivity contribution is -0.136. The molecule has 1 unspecified atom stereocenters. The first-order valence-corrected chi connectivity index (χ1v) is 6.99. The average Bonchev–Trinajstić information content (AvgIpc) is 2.76. The molecule has 1 saturated heterocycles. The van der Waals surface area contributed by atoms with Crippen molar-refractivity contribution < 1.29 is 9.53 Å². The van der Waals surface area contributed by atoms with E-state index in [1.807, 2.05) is 36.1 Å². The summed E-state index contributed by atoms with van der Waals surface area (Å²) >= 11 is 0. The summed E-state index contributed by atoms with van der Waals surface area (Å²) in [5.41, 5.74) is 1.37. The summed E-state index contributed by atoms with van der Waals surface area (Å²) in [4.78, 5) is 14.7. The monoisotopic (exact) mass is 260 g/mol. The lowest BCUT2D eigenvalue weighted by Crippen LogP contribution is -2.47. The van der Waals surface area contributed by atoms with Gasteiger partial charge in [-0.1, -0.05) is 12.1 Å². The zero-order valence-corrected chi connectivity index (χ0v) is 11.3. The highest BCUT2D eigenvalue weighted by molar-refractivity contribution is 6.02. The molecule has 19 heavy (non-hydrogen) atoms. The molecule has 1 aromatic rings. The fraction of sp³-hybridized carbons (Fsp3) is 0.533. The van der Waals surface area contributed by atoms with E-state index < -0.39 is 5.60 Å². The number of amides is 1. The predicted molar refractivity (Wildman–Crippen MR) is 75.5 cm³/mol. The van der Waals surface area contributed by atoms with Crippen LogP contribution in [0.3, 0.4) is 0 Å². The van der Waals surface area contributed by atoms with Gasteiger partial charge in [0.05, 0.1) is 11.4 Å². The van der Waals surface area contributed by atoms with Gasteiger partial charge >= 0.3 is 0 Å². The highest BCUT2D eigenvalue weighted by atomic mass is 16.5. The molecule has 1 aromatic carbocycles. The number of para-hydroxylation sites is 2. The minimum atomic E-state index is -0.641. The molecule has 0 radical (unpaired) electrons. The number of anilines is 2. The van der Waals surface area contributed by atoms with Crippen molar-refractivity contribution in [1.82, 2.24) is 0 Å². The van der Waals surface area contributed by atoms with Crippen molar-refractivity contribution in [3.63, 3.8) is 0 Å². The summed E-state index contributed by atoms with van der Waals surface area (Å²) < 4.78 is 5.70. The molecule has 102 valence electrons. The van der Waals surface area contributed by atoms with Crippen LogP contribution < -0.4 is 10.2 Å². The van der Waals surface area contributed by atoms with Gasteiger partial charge in [0.15, 0.2) is 0 Å². The van der Waals surface area contributed by atoms with Gasteiger partial charge < -0.3 is 15.0 Å². The molecule has 4 heteroatoms. The number of ether oxygens (including phenoxy) is 1. The van der Waals surface area contributed by atoms with Crippen LogP contribution in [0.5, 0.6) is 0 Å². The zero-order chi connectivity index (χ0) is 13.3. The fourth-order valence-corrected chi connectivity index (χ4v) is 2.88. The van der Waals surface area contributed by atoms with E-state index in [1.54, 1.807) is 0 Å². The van der Waals surface area contributed by atoms with Crippen LogP contribution >= 0.6 is 0 Å². The van der Waals surface area contributed by atoms with Crippen LogP contribution in [0.15, 0.2) is 24.3 Å². The quantitative estimate of drug-likeness (QED) is 0.843. The number of nitrogens with zero attached hydrogens (tertiary/aromatic N) is 1. The highest BCUT2D eigenvalue weighted by Crippen LogP contribution is 2.33. The van der Waals surface area contributed by atoms with Gasteiger partial charge in [0.1, 0.15) is 5.60 Å². The number of hydrogen-bond donors (Lipinski definition) is 1. The Bertz CT molecular complexity index is 481. The maximum Gasteiger partial charge on any atom is 0.259 e. The molecule has 0 aliphatic carbocycles. The number of fused-ring (bicyclic) bond motifs is 1. The summed E-state index contributed by atoms with van der Waals surface area (Å²) in [6.45, 7) is 4.26. The Balaban J connectivity index is 1.94. The first-order valence-electron chi connectivity index (χ1n) is 6.99. The van der Waals surface area contributed by atoms with Crippen LogP contribution in [-0.2, 0) is 9.53 Å². The molecule has 0 saturated carbocycles. The lowest BCUT2D eigenvalue weighted by Gasteiger charge is -2.31. The van der Waals surface area contributed by atoms with Gasteiger partial charge in [0, 0.05) is 19.7 Å². The van der Waals surface area contributed by atoms with Crippen LogP contribution in [0.2, 0.25) is 0 Å². The van der Waals surface area contributed by atoms with Crippen molar-refractivity contribution >= 4 is 17.3 Å². The minimum Gasteiger partial charge on any atom is -0.383 e. The third-order valence-electron chi connectivity index (χ3n) is 3.99. The van der Waals surface area contributed by atoms with Gasteiger partial charge in [0.25, 0.3) is 5.91 Å². The van der Waals surface area contributed by atoms with Crippen molar-refractivity contribution in [3.05, 3.63) is 24.3 Å². The van der Waals surface area contributed by atoms with Crippen molar-refractivity contribution in [3.8, 4) is 0 Å². The smallest absolute Gasteiger partial charge is 0.259 e. The third kappa shape index (κ3) is 2.21. The van der Waals surface area contributed by atoms with E-state index in [1.165, 1.54) is 0 Å². The average molecular weight is 260 g/mol. The number of carbonyl (C=O) groups excluding carboxylic acids is 1. The summed E-state index contributed by atoms with van der Waals surface area (Å²) in [5, 5.41) is 3.38. The lowest BCUT2D eigenvalue weighted by atomic mass is 10.0. The van der Waals surface area contributed by atoms with Crippen LogP contribution in [0.1, 0.15) is 26.2 Å². The number of hydrogen-bond acceptors (Lipinski definition) is 3. The minimum absolute atomic E-state index is 0.0983. The van der Waals surface area contributed by atoms with Crippen LogP contribution in [0, 0.1) is 0 Å². The second kappa shape index (κ2) is 4.85. The molecule has 2 aliphatic heterocycles. The number of nitrogens with one attached hydrogen (secondary N) is 1. The molecule has 2 heterocycles. The Hall–Kier alpha value is -1.55. The van der Waals surface area contributed by atoms with Crippen molar-refractivity contribution in [2.75, 3.05) is 29.9 Å². The topological polar surface area (TPSA) is 41.6 Å². The first-order chi connectivity index (χ1) is 9.21. The molecule has 4 nitrogen and oxygen atoms in total. The Kier molecular flexibility index (Phi) is 3.19. The van der Waals surface area contributed by atoms with Crippen molar-refractivity contribution in [2.45, 2.75) is 31.8 Å². The SMILES string of the molecule is CC1(C(=O)N2CCCNc3ccccc32)CCCO1. The maximum atomic E-state index is 12.8. The molecule has 1 atom stereocenters. The van der Waals surface area contributed by atoms with Gasteiger partial charge in [-0.15, -0.1) is 0 Å². The van der Waals surface area contributed by atoms with Gasteiger partial charge in [0.2, 0.25) is 0 Å². The molecule has 2 aliphatic rings. The summed E-state index contributed by atoms with van der Waals surface area (Å²) in [5.74, 6) is 0.0983. The largest absolute Gasteiger partial charge is 0.383 e. The Morgan fingerprint density at radius 1 is 1.37 bits per heavy atom. The maximum absolute atomic E-state index is 12.8. The normalized spacial score (nSPS) is 26.5. The van der Waals surface area contributed by atoms with Gasteiger partial charge in [-0.05, 0) is 38.3 Å². The molecular weight excluding hydrogens is 240 g/mol. The second-order valence-electron chi connectivity index (χ2n) is 5.44. The summed E-state index contributed by atoms with van der Waals surface area (Å²) in [7, 11) is 0. The van der Waals surface area contributed by atoms with Crippen molar-refractivity contribution in [1.29, 1.82) is 0 Å². The first kappa shape index (κ1) is 12.5. The van der Waals surface area contributed by atoms with E-state index in [9.17, 15) is 4.79 Å². The molecule has 0 spiro atoms. The van der Waals surface area contributed by atoms with Gasteiger partial charge in [-0.2, -0.15) is 0 Å². The van der Waals surface area contributed by atoms with E-state index in [-0.39, 0.29) is 5.91 Å². The summed E-state index contributed by atoms with van der Waals surface area (Å²) in [6.07, 6.45) is 2.74. The van der Waals surface area contributed by atoms with E-state index in [4.69, 9.17) is 4.74 Å². The Labute approximate surface area is 113 Å². The van der Waals surface area contributed by atoms with Gasteiger partial charge in [-0.3, -0.25) is 4.79 Å². The third-order valence-corrected chi connectivity index (χ3v) is 3.99. The molecule has 3 rings (SSSR count). The fourth-order valence-electron chi connectivity index (χ4n) is 2.88. The summed E-state index contributed by atoms with van der Waals surface area (Å²) in [6, 6.07) is 8.00. The molecule has 1 amide bonds. The van der Waals surface area contributed by atoms with Gasteiger partial charge in [-0.25, -0.2) is 0 Å². The molecule has 1 fully saturated rings. The van der Waals surface area contributed by atoms with E-state index in [0.29, 0.717) is 6.61 Å². The zero-order valence-electron chi connectivity index (χ0n) is 11.3. The standard InChI is InChI=1S/C15H20N2O2/c1-15(8-4-11-19-15)14(18)17-10-5-9-16-12-6-2-3-7-13(12)17/h2-3,6-7,16H,4-5,8-11H2,1H3. The van der Waals surface area contributed by atoms with Crippen molar-refractivity contribution in [2.24, 2.45) is 0 Å². The molecule has 0 aromatic heterocycles. The number of carbonyl (C=O) groups is 1. The van der Waals surface area contributed by atoms with E-state index in [0.717, 1.165) is 43.7 Å². The van der Waals surface area contributed by atoms with Crippen LogP contribution in [-0.4, -0.2) is 31.2 Å². The number of rotatable bonds is 1. The highest BCUT2D eigenvalue weighted by Gasteiger charge is 2.41. The van der Waals surface area contributed by atoms with Crippen LogP contribution in [0.25, 0.3) is 0 Å².